The van der Waals surface area contributed by atoms with E-state index in [1.807, 2.05) is 30.3 Å². The summed E-state index contributed by atoms with van der Waals surface area (Å²) in [4.78, 5) is 24.1. The number of nitrogen functional groups attached to an aromatic ring is 1. The minimum Gasteiger partial charge on any atom is -0.398 e. The van der Waals surface area contributed by atoms with Crippen LogP contribution in [-0.2, 0) is 9.59 Å². The molecule has 27 heavy (non-hydrogen) atoms. The summed E-state index contributed by atoms with van der Waals surface area (Å²) in [6.45, 7) is 0. The highest BCUT2D eigenvalue weighted by molar-refractivity contribution is 6.43. The first-order chi connectivity index (χ1) is 13.0. The highest BCUT2D eigenvalue weighted by atomic mass is 35.5. The van der Waals surface area contributed by atoms with Crippen molar-refractivity contribution < 1.29 is 9.59 Å². The van der Waals surface area contributed by atoms with Gasteiger partial charge in [0.05, 0.1) is 10.7 Å². The van der Waals surface area contributed by atoms with Gasteiger partial charge in [-0.05, 0) is 54.6 Å². The Balaban J connectivity index is 1.58. The number of nitrogens with one attached hydrogen (secondary N) is 3. The summed E-state index contributed by atoms with van der Waals surface area (Å²) in [5, 5.41) is 8.55. The molecular formula is C20H17ClN4O2. The number of hydrogen-bond donors (Lipinski definition) is 4. The lowest BCUT2D eigenvalue weighted by molar-refractivity contribution is -0.132. The van der Waals surface area contributed by atoms with Crippen LogP contribution in [0.15, 0.2) is 72.8 Å². The molecule has 3 rings (SSSR count). The van der Waals surface area contributed by atoms with Crippen LogP contribution in [0.5, 0.6) is 0 Å². The van der Waals surface area contributed by atoms with Crippen molar-refractivity contribution in [3.8, 4) is 0 Å². The number of halogens is 1. The SMILES string of the molecule is Nc1ccc(NC(=O)C(=O)Nc2ccc(Nc3ccccc3)cc2)cc1Cl. The van der Waals surface area contributed by atoms with E-state index in [1.54, 1.807) is 36.4 Å². The first kappa shape index (κ1) is 18.3. The molecule has 0 aliphatic rings. The van der Waals surface area contributed by atoms with E-state index in [0.29, 0.717) is 22.1 Å². The van der Waals surface area contributed by atoms with E-state index in [9.17, 15) is 9.59 Å². The number of hydrogen-bond acceptors (Lipinski definition) is 4. The first-order valence-corrected chi connectivity index (χ1v) is 8.48. The highest BCUT2D eigenvalue weighted by Gasteiger charge is 2.14. The van der Waals surface area contributed by atoms with E-state index < -0.39 is 11.8 Å². The summed E-state index contributed by atoms with van der Waals surface area (Å²) in [6.07, 6.45) is 0. The molecule has 3 aromatic rings. The van der Waals surface area contributed by atoms with E-state index in [-0.39, 0.29) is 0 Å². The normalized spacial score (nSPS) is 10.1. The van der Waals surface area contributed by atoms with Crippen LogP contribution in [-0.4, -0.2) is 11.8 Å². The summed E-state index contributed by atoms with van der Waals surface area (Å²) < 4.78 is 0. The number of benzene rings is 3. The van der Waals surface area contributed by atoms with Crippen LogP contribution in [0.1, 0.15) is 0 Å². The molecule has 0 saturated carbocycles. The van der Waals surface area contributed by atoms with Gasteiger partial charge in [0.15, 0.2) is 0 Å². The molecule has 0 bridgehead atoms. The van der Waals surface area contributed by atoms with Crippen LogP contribution in [0.2, 0.25) is 5.02 Å². The van der Waals surface area contributed by atoms with Crippen molar-refractivity contribution >= 4 is 51.9 Å². The van der Waals surface area contributed by atoms with Gasteiger partial charge in [0.25, 0.3) is 0 Å². The fraction of sp³-hybridized carbons (Fsp3) is 0. The van der Waals surface area contributed by atoms with Crippen molar-refractivity contribution in [2.45, 2.75) is 0 Å². The van der Waals surface area contributed by atoms with Gasteiger partial charge in [0.1, 0.15) is 0 Å². The third-order valence-corrected chi connectivity index (χ3v) is 4.00. The number of nitrogens with two attached hydrogens (primary N) is 1. The molecule has 2 amide bonds. The van der Waals surface area contributed by atoms with Crippen molar-refractivity contribution in [1.82, 2.24) is 0 Å². The topological polar surface area (TPSA) is 96.2 Å². The lowest BCUT2D eigenvalue weighted by atomic mass is 10.2. The maximum Gasteiger partial charge on any atom is 0.314 e. The van der Waals surface area contributed by atoms with Crippen molar-refractivity contribution in [3.05, 3.63) is 77.8 Å². The second-order valence-electron chi connectivity index (χ2n) is 5.71. The molecule has 6 nitrogen and oxygen atoms in total. The maximum atomic E-state index is 12.0. The van der Waals surface area contributed by atoms with Gasteiger partial charge >= 0.3 is 11.8 Å². The van der Waals surface area contributed by atoms with Crippen molar-refractivity contribution in [2.75, 3.05) is 21.7 Å². The first-order valence-electron chi connectivity index (χ1n) is 8.11. The van der Waals surface area contributed by atoms with Gasteiger partial charge < -0.3 is 21.7 Å². The predicted molar refractivity (Wildman–Crippen MR) is 109 cm³/mol. The summed E-state index contributed by atoms with van der Waals surface area (Å²) in [6, 6.07) is 21.3. The molecule has 0 aliphatic carbocycles. The van der Waals surface area contributed by atoms with Gasteiger partial charge in [-0.1, -0.05) is 29.8 Å². The predicted octanol–water partition coefficient (Wildman–Crippen LogP) is 4.24. The summed E-state index contributed by atoms with van der Waals surface area (Å²) >= 11 is 5.90. The molecule has 136 valence electrons. The number of rotatable bonds is 4. The zero-order chi connectivity index (χ0) is 19.2. The Bertz CT molecular complexity index is 959. The second kappa shape index (κ2) is 8.25. The van der Waals surface area contributed by atoms with Crippen LogP contribution in [0, 0.1) is 0 Å². The zero-order valence-electron chi connectivity index (χ0n) is 14.2. The van der Waals surface area contributed by atoms with Crippen LogP contribution in [0.25, 0.3) is 0 Å². The molecule has 0 unspecified atom stereocenters. The van der Waals surface area contributed by atoms with Gasteiger partial charge in [-0.2, -0.15) is 0 Å². The van der Waals surface area contributed by atoms with Crippen molar-refractivity contribution in [2.24, 2.45) is 0 Å². The van der Waals surface area contributed by atoms with E-state index in [0.717, 1.165) is 11.4 Å². The van der Waals surface area contributed by atoms with E-state index in [2.05, 4.69) is 16.0 Å². The van der Waals surface area contributed by atoms with Gasteiger partial charge in [0.2, 0.25) is 0 Å². The second-order valence-corrected chi connectivity index (χ2v) is 6.12. The molecule has 0 aromatic heterocycles. The average molecular weight is 381 g/mol. The molecular weight excluding hydrogens is 364 g/mol. The van der Waals surface area contributed by atoms with Crippen LogP contribution < -0.4 is 21.7 Å². The molecule has 0 saturated heterocycles. The Morgan fingerprint density at radius 2 is 1.22 bits per heavy atom. The van der Waals surface area contributed by atoms with Gasteiger partial charge in [-0.3, -0.25) is 9.59 Å². The molecule has 0 heterocycles. The number of anilines is 5. The molecule has 0 radical (unpaired) electrons. The summed E-state index contributed by atoms with van der Waals surface area (Å²) in [5.41, 5.74) is 8.71. The Hall–Kier alpha value is -3.51. The molecule has 0 spiro atoms. The average Bonchev–Trinajstić information content (AvgIpc) is 2.67. The highest BCUT2D eigenvalue weighted by Crippen LogP contribution is 2.23. The lowest BCUT2D eigenvalue weighted by Crippen LogP contribution is -2.29. The molecule has 3 aromatic carbocycles. The number of amides is 2. The smallest absolute Gasteiger partial charge is 0.314 e. The number of para-hydroxylation sites is 1. The van der Waals surface area contributed by atoms with Crippen LogP contribution in [0.4, 0.5) is 28.4 Å². The standard InChI is InChI=1S/C20H17ClN4O2/c21-17-12-16(10-11-18(17)22)25-20(27)19(26)24-15-8-6-14(7-9-15)23-13-4-2-1-3-5-13/h1-12,23H,22H2,(H,24,26)(H,25,27). The molecule has 0 atom stereocenters. The lowest BCUT2D eigenvalue weighted by Gasteiger charge is -2.09. The van der Waals surface area contributed by atoms with Crippen molar-refractivity contribution in [3.63, 3.8) is 0 Å². The molecule has 7 heteroatoms. The number of carbonyl (C=O) groups excluding carboxylic acids is 2. The molecule has 0 aliphatic heterocycles. The third kappa shape index (κ3) is 4.99. The van der Waals surface area contributed by atoms with Gasteiger partial charge in [-0.15, -0.1) is 0 Å². The quantitative estimate of drug-likeness (QED) is 0.402. The Morgan fingerprint density at radius 1 is 0.704 bits per heavy atom. The largest absolute Gasteiger partial charge is 0.398 e. The minimum atomic E-state index is -0.803. The fourth-order valence-corrected chi connectivity index (χ4v) is 2.49. The zero-order valence-corrected chi connectivity index (χ0v) is 15.0. The van der Waals surface area contributed by atoms with E-state index in [1.165, 1.54) is 6.07 Å². The summed E-state index contributed by atoms with van der Waals surface area (Å²) in [5.74, 6) is -1.59. The third-order valence-electron chi connectivity index (χ3n) is 3.67. The van der Waals surface area contributed by atoms with Gasteiger partial charge in [0, 0.05) is 22.7 Å². The molecule has 0 fully saturated rings. The maximum absolute atomic E-state index is 12.0. The minimum absolute atomic E-state index is 0.301. The van der Waals surface area contributed by atoms with E-state index in [4.69, 9.17) is 17.3 Å². The monoisotopic (exact) mass is 380 g/mol. The fourth-order valence-electron chi connectivity index (χ4n) is 2.31. The Labute approximate surface area is 161 Å². The Kier molecular flexibility index (Phi) is 5.58. The Morgan fingerprint density at radius 3 is 1.85 bits per heavy atom. The summed E-state index contributed by atoms with van der Waals surface area (Å²) in [7, 11) is 0. The molecule has 5 N–H and O–H groups in total. The van der Waals surface area contributed by atoms with E-state index >= 15 is 0 Å². The van der Waals surface area contributed by atoms with Crippen molar-refractivity contribution in [1.29, 1.82) is 0 Å². The van der Waals surface area contributed by atoms with Crippen LogP contribution >= 0.6 is 11.6 Å². The number of carbonyl (C=O) groups is 2. The van der Waals surface area contributed by atoms with Gasteiger partial charge in [-0.25, -0.2) is 0 Å². The van der Waals surface area contributed by atoms with Crippen LogP contribution in [0.3, 0.4) is 0 Å².